The Morgan fingerprint density at radius 1 is 0.887 bits per heavy atom. The van der Waals surface area contributed by atoms with Crippen molar-refractivity contribution < 1.29 is 33.8 Å². The Balaban J connectivity index is 0. The fraction of sp³-hybridized carbons (Fsp3) is 0.560. The standard InChI is InChI=1S/C27H36N4O4.C7H15NO3.C7H14.C7H12.C2H2/c1-4-6-13-19(3)26(34)30-22(12-5-2)25(33)27(35)29-18-23(32)31-24(20-14-8-7-9-15-20)21-16-10-11-17-28-21;1-6(9)3-8-5-11-4-7(2)10;1-7-5-3-2-4-6-7;1-3-5-7-6-4-2;1-2/h7-11,14-17,19,22,24H,4-6,12-13,18H2,1-3H3,(H,29,35)(H,30,34)(H,31,32);7-8,10H,3-5H2,1-2H3;7H,2-6H2,1H3;3,5-7H,4H2,1-2H3;1-2H/b;;;5-3-,7-6-;. The number of allylic oxidation sites excluding steroid dienone is 4. The van der Waals surface area contributed by atoms with Gasteiger partial charge in [-0.2, -0.15) is 0 Å². The molecule has 2 aromatic rings. The van der Waals surface area contributed by atoms with E-state index < -0.39 is 35.8 Å². The zero-order chi connectivity index (χ0) is 47.0. The highest BCUT2D eigenvalue weighted by molar-refractivity contribution is 6.38. The van der Waals surface area contributed by atoms with E-state index in [9.17, 15) is 24.0 Å². The second-order valence-corrected chi connectivity index (χ2v) is 15.2. The van der Waals surface area contributed by atoms with E-state index in [1.807, 2.05) is 76.2 Å². The van der Waals surface area contributed by atoms with Crippen LogP contribution in [0.25, 0.3) is 0 Å². The molecule has 1 saturated carbocycles. The molecule has 4 unspecified atom stereocenters. The van der Waals surface area contributed by atoms with Gasteiger partial charge in [0, 0.05) is 12.1 Å². The average molecular weight is 862 g/mol. The Kier molecular flexibility index (Phi) is 38.3. The molecule has 0 saturated heterocycles. The second kappa shape index (κ2) is 40.1. The zero-order valence-electron chi connectivity index (χ0n) is 39.0. The predicted molar refractivity (Wildman–Crippen MR) is 252 cm³/mol. The van der Waals surface area contributed by atoms with Gasteiger partial charge in [-0.05, 0) is 63.6 Å². The van der Waals surface area contributed by atoms with Crippen LogP contribution in [0, 0.1) is 24.7 Å². The molecule has 3 amide bonds. The summed E-state index contributed by atoms with van der Waals surface area (Å²) in [5, 5.41) is 19.5. The summed E-state index contributed by atoms with van der Waals surface area (Å²) in [6.07, 6.45) is 29.6. The summed E-state index contributed by atoms with van der Waals surface area (Å²) in [6, 6.07) is 13.4. The van der Waals surface area contributed by atoms with Crippen LogP contribution in [0.4, 0.5) is 0 Å². The fourth-order valence-electron chi connectivity index (χ4n) is 5.81. The Bertz CT molecular complexity index is 1500. The van der Waals surface area contributed by atoms with Gasteiger partial charge in [0.25, 0.3) is 5.91 Å². The Morgan fingerprint density at radius 2 is 1.55 bits per heavy atom. The number of aliphatic hydroxyl groups is 1. The Labute approximate surface area is 373 Å². The normalized spacial score (nSPS) is 14.0. The van der Waals surface area contributed by atoms with Crippen molar-refractivity contribution in [1.29, 1.82) is 0 Å². The number of nitrogens with zero attached hydrogens (tertiary/aromatic N) is 1. The third kappa shape index (κ3) is 31.8. The zero-order valence-corrected chi connectivity index (χ0v) is 39.0. The summed E-state index contributed by atoms with van der Waals surface area (Å²) < 4.78 is 4.93. The number of pyridine rings is 1. The molecule has 1 aliphatic carbocycles. The minimum Gasteiger partial charge on any atom is -0.391 e. The molecule has 1 heterocycles. The molecular formula is C50H79N5O7. The molecule has 1 aromatic heterocycles. The van der Waals surface area contributed by atoms with Crippen LogP contribution in [0.5, 0.6) is 0 Å². The summed E-state index contributed by atoms with van der Waals surface area (Å²) >= 11 is 0. The number of Topliss-reactive ketones (excluding diaryl/α,β-unsaturated/α-hetero) is 2. The van der Waals surface area contributed by atoms with E-state index in [2.05, 4.69) is 65.1 Å². The predicted octanol–water partition coefficient (Wildman–Crippen LogP) is 7.97. The third-order valence-corrected chi connectivity index (χ3v) is 9.21. The monoisotopic (exact) mass is 862 g/mol. The number of terminal acetylenes is 1. The SMILES string of the molecule is C#C.C/C=C\C=C/CC.CC(=O)CNCOCC(C)O.CC1CCCCC1.CCCCC(C)C(=O)NC(CCC)C(=O)C(=O)NCC(=O)NC(c1ccccc1)c1ccccn1. The summed E-state index contributed by atoms with van der Waals surface area (Å²) in [5.41, 5.74) is 1.49. The number of ketones is 2. The van der Waals surface area contributed by atoms with Gasteiger partial charge in [0.05, 0.1) is 50.3 Å². The topological polar surface area (TPSA) is 176 Å². The van der Waals surface area contributed by atoms with Crippen molar-refractivity contribution in [2.75, 3.05) is 26.4 Å². The number of unbranched alkanes of at least 4 members (excludes halogenated alkanes) is 1. The lowest BCUT2D eigenvalue weighted by Gasteiger charge is -2.20. The number of benzene rings is 1. The first-order valence-electron chi connectivity index (χ1n) is 22.3. The Morgan fingerprint density at radius 3 is 2.06 bits per heavy atom. The van der Waals surface area contributed by atoms with Crippen LogP contribution in [0.3, 0.4) is 0 Å². The number of aliphatic hydroxyl groups excluding tert-OH is 1. The molecule has 1 fully saturated rings. The molecule has 0 spiro atoms. The minimum atomic E-state index is -0.912. The summed E-state index contributed by atoms with van der Waals surface area (Å²) in [6.45, 7) is 15.9. The van der Waals surface area contributed by atoms with Crippen molar-refractivity contribution in [2.24, 2.45) is 11.8 Å². The van der Waals surface area contributed by atoms with E-state index in [1.165, 1.54) is 39.0 Å². The van der Waals surface area contributed by atoms with Crippen LogP contribution < -0.4 is 21.3 Å². The fourth-order valence-corrected chi connectivity index (χ4v) is 5.81. The van der Waals surface area contributed by atoms with Gasteiger partial charge in [-0.15, -0.1) is 12.8 Å². The van der Waals surface area contributed by atoms with E-state index in [4.69, 9.17) is 9.84 Å². The maximum absolute atomic E-state index is 12.7. The molecule has 1 aromatic carbocycles. The number of aromatic nitrogens is 1. The van der Waals surface area contributed by atoms with Crippen molar-refractivity contribution >= 4 is 29.3 Å². The molecule has 0 bridgehead atoms. The van der Waals surface area contributed by atoms with Crippen molar-refractivity contribution in [3.8, 4) is 12.8 Å². The van der Waals surface area contributed by atoms with Crippen molar-refractivity contribution in [2.45, 2.75) is 144 Å². The van der Waals surface area contributed by atoms with Gasteiger partial charge in [0.1, 0.15) is 5.78 Å². The molecule has 12 nitrogen and oxygen atoms in total. The van der Waals surface area contributed by atoms with E-state index in [1.54, 1.807) is 25.3 Å². The summed E-state index contributed by atoms with van der Waals surface area (Å²) in [7, 11) is 0. The van der Waals surface area contributed by atoms with Crippen LogP contribution >= 0.6 is 0 Å². The van der Waals surface area contributed by atoms with Crippen LogP contribution in [-0.2, 0) is 28.7 Å². The number of amides is 3. The molecule has 1 aliphatic rings. The maximum atomic E-state index is 12.7. The van der Waals surface area contributed by atoms with Crippen molar-refractivity contribution in [3.05, 3.63) is 90.3 Å². The van der Waals surface area contributed by atoms with Crippen molar-refractivity contribution in [1.82, 2.24) is 26.3 Å². The highest BCUT2D eigenvalue weighted by atomic mass is 16.5. The number of nitrogens with one attached hydrogen (secondary N) is 4. The van der Waals surface area contributed by atoms with E-state index in [-0.39, 0.29) is 24.2 Å². The lowest BCUT2D eigenvalue weighted by atomic mass is 9.91. The molecule has 0 aliphatic heterocycles. The van der Waals surface area contributed by atoms with E-state index in [0.717, 1.165) is 37.2 Å². The smallest absolute Gasteiger partial charge is 0.290 e. The number of rotatable bonds is 22. The second-order valence-electron chi connectivity index (χ2n) is 15.2. The summed E-state index contributed by atoms with van der Waals surface area (Å²) in [5.74, 6) is -1.47. The van der Waals surface area contributed by atoms with Gasteiger partial charge in [-0.25, -0.2) is 0 Å². The first-order valence-corrected chi connectivity index (χ1v) is 22.3. The van der Waals surface area contributed by atoms with Crippen LogP contribution in [0.2, 0.25) is 0 Å². The van der Waals surface area contributed by atoms with Gasteiger partial charge in [-0.3, -0.25) is 34.3 Å². The molecule has 5 N–H and O–H groups in total. The van der Waals surface area contributed by atoms with Crippen molar-refractivity contribution in [3.63, 3.8) is 0 Å². The molecule has 4 atom stereocenters. The minimum absolute atomic E-state index is 0.0747. The van der Waals surface area contributed by atoms with E-state index in [0.29, 0.717) is 38.4 Å². The highest BCUT2D eigenvalue weighted by Crippen LogP contribution is 2.22. The molecule has 3 rings (SSSR count). The molecule has 62 heavy (non-hydrogen) atoms. The van der Waals surface area contributed by atoms with Crippen LogP contribution in [0.15, 0.2) is 79.0 Å². The van der Waals surface area contributed by atoms with Gasteiger partial charge < -0.3 is 25.8 Å². The number of hydrogen-bond donors (Lipinski definition) is 5. The lowest BCUT2D eigenvalue weighted by Crippen LogP contribution is -2.50. The van der Waals surface area contributed by atoms with Crippen LogP contribution in [0.1, 0.15) is 143 Å². The number of ether oxygens (including phenoxy) is 1. The van der Waals surface area contributed by atoms with Gasteiger partial charge >= 0.3 is 0 Å². The summed E-state index contributed by atoms with van der Waals surface area (Å²) in [4.78, 5) is 65.0. The van der Waals surface area contributed by atoms with Gasteiger partial charge in [0.15, 0.2) is 0 Å². The molecule has 0 radical (unpaired) electrons. The third-order valence-electron chi connectivity index (χ3n) is 9.21. The first-order chi connectivity index (χ1) is 29.8. The van der Waals surface area contributed by atoms with Gasteiger partial charge in [0.2, 0.25) is 17.6 Å². The van der Waals surface area contributed by atoms with Crippen LogP contribution in [-0.4, -0.2) is 78.0 Å². The molecular weight excluding hydrogens is 783 g/mol. The number of hydrogen-bond acceptors (Lipinski definition) is 9. The Hall–Kier alpha value is -4.96. The highest BCUT2D eigenvalue weighted by Gasteiger charge is 2.28. The van der Waals surface area contributed by atoms with E-state index >= 15 is 0 Å². The van der Waals surface area contributed by atoms with Gasteiger partial charge in [-0.1, -0.05) is 147 Å². The molecule has 346 valence electrons. The lowest BCUT2D eigenvalue weighted by molar-refractivity contribution is -0.141. The first kappa shape index (κ1) is 59.1. The number of carbonyl (C=O) groups excluding carboxylic acids is 5. The maximum Gasteiger partial charge on any atom is 0.290 e. The largest absolute Gasteiger partial charge is 0.391 e. The average Bonchev–Trinajstić information content (AvgIpc) is 3.28. The quantitative estimate of drug-likeness (QED) is 0.0259. The number of carbonyl (C=O) groups is 5. The molecule has 12 heteroatoms.